The minimum atomic E-state index is -3.34. The van der Waals surface area contributed by atoms with Gasteiger partial charge in [-0.25, -0.2) is 13.4 Å². The Balaban J connectivity index is 1.55. The van der Waals surface area contributed by atoms with Gasteiger partial charge in [0, 0.05) is 51.7 Å². The van der Waals surface area contributed by atoms with E-state index in [1.165, 1.54) is 11.3 Å². The number of rotatable bonds is 5. The first kappa shape index (κ1) is 16.1. The molecule has 0 aliphatic carbocycles. The van der Waals surface area contributed by atoms with Crippen LogP contribution in [0, 0.1) is 0 Å². The molecule has 1 aliphatic rings. The Morgan fingerprint density at radius 3 is 2.55 bits per heavy atom. The molecule has 9 heteroatoms. The van der Waals surface area contributed by atoms with E-state index < -0.39 is 10.0 Å². The number of piperazine rings is 1. The Hall–Kier alpha value is -0.740. The molecule has 120 valence electrons. The Morgan fingerprint density at radius 2 is 1.95 bits per heavy atom. The molecule has 0 amide bonds. The third-order valence-electron chi connectivity index (χ3n) is 3.71. The van der Waals surface area contributed by atoms with Gasteiger partial charge < -0.3 is 4.57 Å². The maximum absolute atomic E-state index is 12.5. The lowest BCUT2D eigenvalue weighted by Gasteiger charge is -2.33. The fourth-order valence-corrected chi connectivity index (χ4v) is 6.02. The average Bonchev–Trinajstić information content (AvgIpc) is 3.17. The Labute approximate surface area is 142 Å². The van der Waals surface area contributed by atoms with Crippen LogP contribution in [0.4, 0.5) is 0 Å². The molecule has 2 aromatic rings. The van der Waals surface area contributed by atoms with E-state index in [1.54, 1.807) is 29.0 Å². The molecular weight excluding hydrogens is 388 g/mol. The van der Waals surface area contributed by atoms with Crippen LogP contribution in [0.25, 0.3) is 0 Å². The van der Waals surface area contributed by atoms with Crippen LogP contribution in [-0.4, -0.2) is 59.9 Å². The number of imidazole rings is 1. The monoisotopic (exact) mass is 404 g/mol. The van der Waals surface area contributed by atoms with Crippen LogP contribution < -0.4 is 0 Å². The van der Waals surface area contributed by atoms with E-state index in [1.807, 2.05) is 10.8 Å². The van der Waals surface area contributed by atoms with Crippen LogP contribution in [0.3, 0.4) is 0 Å². The lowest BCUT2D eigenvalue weighted by molar-refractivity contribution is 0.183. The number of nitrogens with zero attached hydrogens (tertiary/aromatic N) is 4. The number of thiophene rings is 1. The number of halogens is 1. The fraction of sp³-hybridized carbons (Fsp3) is 0.462. The summed E-state index contributed by atoms with van der Waals surface area (Å²) in [5, 5.41) is 0. The quantitative estimate of drug-likeness (QED) is 0.760. The van der Waals surface area contributed by atoms with E-state index in [2.05, 4.69) is 25.8 Å². The highest BCUT2D eigenvalue weighted by Gasteiger charge is 2.29. The van der Waals surface area contributed by atoms with Crippen LogP contribution >= 0.6 is 27.3 Å². The molecule has 0 saturated carbocycles. The summed E-state index contributed by atoms with van der Waals surface area (Å²) in [6.45, 7) is 4.41. The van der Waals surface area contributed by atoms with Crippen molar-refractivity contribution in [2.75, 3.05) is 32.7 Å². The van der Waals surface area contributed by atoms with E-state index in [0.29, 0.717) is 17.3 Å². The summed E-state index contributed by atoms with van der Waals surface area (Å²) < 4.78 is 29.9. The molecule has 0 radical (unpaired) electrons. The first-order chi connectivity index (χ1) is 10.6. The van der Waals surface area contributed by atoms with Gasteiger partial charge in [-0.2, -0.15) is 4.31 Å². The predicted molar refractivity (Wildman–Crippen MR) is 89.4 cm³/mol. The third-order valence-corrected chi connectivity index (χ3v) is 7.70. The van der Waals surface area contributed by atoms with Crippen molar-refractivity contribution >= 4 is 37.3 Å². The zero-order valence-electron chi connectivity index (χ0n) is 11.9. The second-order valence-corrected chi connectivity index (χ2v) is 9.73. The Morgan fingerprint density at radius 1 is 1.18 bits per heavy atom. The van der Waals surface area contributed by atoms with Gasteiger partial charge in [0.1, 0.15) is 4.21 Å². The molecule has 0 N–H and O–H groups in total. The first-order valence-electron chi connectivity index (χ1n) is 6.99. The van der Waals surface area contributed by atoms with Crippen molar-refractivity contribution in [3.05, 3.63) is 34.6 Å². The van der Waals surface area contributed by atoms with Crippen molar-refractivity contribution in [3.63, 3.8) is 0 Å². The first-order valence-corrected chi connectivity index (χ1v) is 10.0. The van der Waals surface area contributed by atoms with Crippen molar-refractivity contribution in [1.82, 2.24) is 18.8 Å². The molecule has 1 fully saturated rings. The van der Waals surface area contributed by atoms with Crippen LogP contribution in [-0.2, 0) is 16.6 Å². The molecule has 0 bridgehead atoms. The highest BCUT2D eigenvalue weighted by molar-refractivity contribution is 9.11. The number of hydrogen-bond donors (Lipinski definition) is 0. The van der Waals surface area contributed by atoms with Crippen molar-refractivity contribution in [2.45, 2.75) is 10.8 Å². The van der Waals surface area contributed by atoms with Gasteiger partial charge in [0.25, 0.3) is 10.0 Å². The van der Waals surface area contributed by atoms with Crippen molar-refractivity contribution in [1.29, 1.82) is 0 Å². The summed E-state index contributed by atoms with van der Waals surface area (Å²) in [7, 11) is -3.34. The molecule has 3 heterocycles. The van der Waals surface area contributed by atoms with Crippen LogP contribution in [0.15, 0.2) is 38.8 Å². The van der Waals surface area contributed by atoms with Gasteiger partial charge in [0.15, 0.2) is 0 Å². The molecule has 2 aromatic heterocycles. The zero-order valence-corrected chi connectivity index (χ0v) is 15.1. The maximum Gasteiger partial charge on any atom is 0.252 e. The molecule has 22 heavy (non-hydrogen) atoms. The fourth-order valence-electron chi connectivity index (χ4n) is 2.43. The Bertz CT molecular complexity index is 706. The van der Waals surface area contributed by atoms with E-state index in [9.17, 15) is 8.42 Å². The molecule has 0 unspecified atom stereocenters. The zero-order chi connectivity index (χ0) is 15.6. The van der Waals surface area contributed by atoms with E-state index in [4.69, 9.17) is 0 Å². The third kappa shape index (κ3) is 3.60. The van der Waals surface area contributed by atoms with Crippen LogP contribution in [0.5, 0.6) is 0 Å². The summed E-state index contributed by atoms with van der Waals surface area (Å²) in [6, 6.07) is 3.44. The molecule has 1 saturated heterocycles. The minimum absolute atomic E-state index is 0.409. The highest BCUT2D eigenvalue weighted by atomic mass is 79.9. The molecular formula is C13H17BrN4O2S2. The van der Waals surface area contributed by atoms with Crippen LogP contribution in [0.1, 0.15) is 0 Å². The number of sulfonamides is 1. The predicted octanol–water partition coefficient (Wildman–Crippen LogP) is 1.71. The molecule has 0 spiro atoms. The van der Waals surface area contributed by atoms with Crippen molar-refractivity contribution < 1.29 is 8.42 Å². The normalized spacial score (nSPS) is 17.9. The second-order valence-electron chi connectivity index (χ2n) is 5.10. The van der Waals surface area contributed by atoms with Gasteiger partial charge in [0.05, 0.1) is 10.1 Å². The average molecular weight is 405 g/mol. The van der Waals surface area contributed by atoms with E-state index in [0.717, 1.165) is 30.0 Å². The summed E-state index contributed by atoms with van der Waals surface area (Å²) in [5.74, 6) is 0. The Kier molecular flexibility index (Phi) is 4.98. The molecule has 1 aliphatic heterocycles. The summed E-state index contributed by atoms with van der Waals surface area (Å²) in [4.78, 5) is 6.31. The van der Waals surface area contributed by atoms with Gasteiger partial charge in [-0.15, -0.1) is 11.3 Å². The van der Waals surface area contributed by atoms with Gasteiger partial charge in [-0.05, 0) is 28.1 Å². The van der Waals surface area contributed by atoms with E-state index in [-0.39, 0.29) is 0 Å². The standard InChI is InChI=1S/C13H17BrN4O2S2/c14-12-1-2-13(21-12)22(19,20)18-9-7-16(8-10-18)5-6-17-4-3-15-11-17/h1-4,11H,5-10H2. The van der Waals surface area contributed by atoms with E-state index >= 15 is 0 Å². The lowest BCUT2D eigenvalue weighted by Crippen LogP contribution is -2.49. The van der Waals surface area contributed by atoms with Gasteiger partial charge in [-0.3, -0.25) is 4.90 Å². The topological polar surface area (TPSA) is 58.4 Å². The summed E-state index contributed by atoms with van der Waals surface area (Å²) in [6.07, 6.45) is 5.51. The van der Waals surface area contributed by atoms with Crippen molar-refractivity contribution in [2.24, 2.45) is 0 Å². The molecule has 0 atom stereocenters. The smallest absolute Gasteiger partial charge is 0.252 e. The summed E-state index contributed by atoms with van der Waals surface area (Å²) in [5.41, 5.74) is 0. The second kappa shape index (κ2) is 6.79. The minimum Gasteiger partial charge on any atom is -0.336 e. The van der Waals surface area contributed by atoms with Gasteiger partial charge in [-0.1, -0.05) is 0 Å². The maximum atomic E-state index is 12.5. The van der Waals surface area contributed by atoms with Crippen molar-refractivity contribution in [3.8, 4) is 0 Å². The SMILES string of the molecule is O=S(=O)(c1ccc(Br)s1)N1CCN(CCn2ccnc2)CC1. The largest absolute Gasteiger partial charge is 0.336 e. The van der Waals surface area contributed by atoms with Gasteiger partial charge >= 0.3 is 0 Å². The molecule has 0 aromatic carbocycles. The highest BCUT2D eigenvalue weighted by Crippen LogP contribution is 2.28. The molecule has 6 nitrogen and oxygen atoms in total. The lowest BCUT2D eigenvalue weighted by atomic mass is 10.3. The number of aromatic nitrogens is 2. The number of hydrogen-bond acceptors (Lipinski definition) is 5. The summed E-state index contributed by atoms with van der Waals surface area (Å²) >= 11 is 4.58. The van der Waals surface area contributed by atoms with Crippen LogP contribution in [0.2, 0.25) is 0 Å². The molecule has 3 rings (SSSR count). The van der Waals surface area contributed by atoms with Gasteiger partial charge in [0.2, 0.25) is 0 Å².